The van der Waals surface area contributed by atoms with Gasteiger partial charge in [0.25, 0.3) is 0 Å². The highest BCUT2D eigenvalue weighted by atomic mass is 16.3. The molecule has 4 heteroatoms. The standard InChI is InChI=1S/C29H37N3O/c33-20-19-32-17-15-31(16-18-32)14-13-30-22-23-9-11-24(12-10-23)29-27-7-3-1-5-25(27)21-26-6-2-4-8-28(26)29/h1-8,21-22,24,30,33H,9-20H2. The van der Waals surface area contributed by atoms with Crippen molar-refractivity contribution in [2.24, 2.45) is 0 Å². The summed E-state index contributed by atoms with van der Waals surface area (Å²) >= 11 is 0. The Kier molecular flexibility index (Phi) is 7.25. The average Bonchev–Trinajstić information content (AvgIpc) is 2.87. The Morgan fingerprint density at radius 3 is 2.00 bits per heavy atom. The molecule has 0 aromatic heterocycles. The number of aliphatic hydroxyl groups is 1. The van der Waals surface area contributed by atoms with Crippen LogP contribution in [0.2, 0.25) is 0 Å². The fraction of sp³-hybridized carbons (Fsp3) is 0.448. The van der Waals surface area contributed by atoms with E-state index >= 15 is 0 Å². The Morgan fingerprint density at radius 1 is 0.818 bits per heavy atom. The molecule has 0 bridgehead atoms. The third kappa shape index (κ3) is 5.24. The molecule has 2 N–H and O–H groups in total. The van der Waals surface area contributed by atoms with Crippen LogP contribution in [0.1, 0.15) is 37.2 Å². The molecule has 4 nitrogen and oxygen atoms in total. The van der Waals surface area contributed by atoms with Gasteiger partial charge in [-0.2, -0.15) is 0 Å². The van der Waals surface area contributed by atoms with Crippen LogP contribution >= 0.6 is 0 Å². The van der Waals surface area contributed by atoms with Crippen molar-refractivity contribution in [2.45, 2.75) is 31.6 Å². The SMILES string of the molecule is OCCN1CCN(CCNC=C2CCC(c3c4ccccc4cc4ccccc34)CC2)CC1. The van der Waals surface area contributed by atoms with Crippen LogP contribution in [0, 0.1) is 0 Å². The lowest BCUT2D eigenvalue weighted by Gasteiger charge is -2.34. The normalized spacial score (nSPS) is 20.4. The smallest absolute Gasteiger partial charge is 0.0558 e. The number of allylic oxidation sites excluding steroid dienone is 1. The van der Waals surface area contributed by atoms with Crippen molar-refractivity contribution < 1.29 is 5.11 Å². The largest absolute Gasteiger partial charge is 0.395 e. The molecule has 33 heavy (non-hydrogen) atoms. The number of fused-ring (bicyclic) bond motifs is 2. The van der Waals surface area contributed by atoms with Crippen molar-refractivity contribution in [3.05, 3.63) is 71.9 Å². The molecule has 0 radical (unpaired) electrons. The van der Waals surface area contributed by atoms with Crippen molar-refractivity contribution in [1.29, 1.82) is 0 Å². The lowest BCUT2D eigenvalue weighted by atomic mass is 9.78. The van der Waals surface area contributed by atoms with E-state index in [0.717, 1.165) is 45.8 Å². The molecule has 0 unspecified atom stereocenters. The number of hydrogen-bond acceptors (Lipinski definition) is 4. The molecule has 1 aliphatic heterocycles. The highest BCUT2D eigenvalue weighted by Crippen LogP contribution is 2.42. The van der Waals surface area contributed by atoms with Crippen LogP contribution in [-0.2, 0) is 0 Å². The van der Waals surface area contributed by atoms with E-state index < -0.39 is 0 Å². The monoisotopic (exact) mass is 443 g/mol. The topological polar surface area (TPSA) is 38.7 Å². The number of rotatable bonds is 7. The van der Waals surface area contributed by atoms with Crippen LogP contribution < -0.4 is 5.32 Å². The lowest BCUT2D eigenvalue weighted by Crippen LogP contribution is -2.48. The first kappa shape index (κ1) is 22.4. The minimum absolute atomic E-state index is 0.271. The number of nitrogens with zero attached hydrogens (tertiary/aromatic N) is 2. The van der Waals surface area contributed by atoms with Gasteiger partial charge in [0.05, 0.1) is 6.61 Å². The third-order valence-electron chi connectivity index (χ3n) is 7.61. The van der Waals surface area contributed by atoms with Gasteiger partial charge >= 0.3 is 0 Å². The summed E-state index contributed by atoms with van der Waals surface area (Å²) in [5.74, 6) is 0.633. The van der Waals surface area contributed by atoms with Crippen molar-refractivity contribution in [1.82, 2.24) is 15.1 Å². The maximum atomic E-state index is 9.08. The summed E-state index contributed by atoms with van der Waals surface area (Å²) in [5.41, 5.74) is 3.14. The number of aliphatic hydroxyl groups excluding tert-OH is 1. The first-order chi connectivity index (χ1) is 16.3. The Morgan fingerprint density at radius 2 is 1.39 bits per heavy atom. The second-order valence-electron chi connectivity index (χ2n) is 9.67. The molecule has 1 saturated heterocycles. The number of piperazine rings is 1. The van der Waals surface area contributed by atoms with Crippen molar-refractivity contribution in [2.75, 3.05) is 52.4 Å². The van der Waals surface area contributed by atoms with Crippen LogP contribution in [0.3, 0.4) is 0 Å². The van der Waals surface area contributed by atoms with Gasteiger partial charge in [-0.25, -0.2) is 0 Å². The fourth-order valence-electron chi connectivity index (χ4n) is 5.73. The Hall–Kier alpha value is -2.40. The van der Waals surface area contributed by atoms with E-state index in [-0.39, 0.29) is 6.61 Å². The lowest BCUT2D eigenvalue weighted by molar-refractivity contribution is 0.114. The van der Waals surface area contributed by atoms with Gasteiger partial charge < -0.3 is 10.4 Å². The quantitative estimate of drug-likeness (QED) is 0.409. The molecule has 0 spiro atoms. The molecule has 0 atom stereocenters. The molecule has 1 saturated carbocycles. The maximum absolute atomic E-state index is 9.08. The summed E-state index contributed by atoms with van der Waals surface area (Å²) in [6.07, 6.45) is 7.15. The van der Waals surface area contributed by atoms with E-state index in [1.807, 2.05) is 0 Å². The maximum Gasteiger partial charge on any atom is 0.0558 e. The van der Waals surface area contributed by atoms with Gasteiger partial charge in [-0.3, -0.25) is 9.80 Å². The molecule has 5 rings (SSSR count). The third-order valence-corrected chi connectivity index (χ3v) is 7.61. The predicted molar refractivity (Wildman–Crippen MR) is 139 cm³/mol. The van der Waals surface area contributed by atoms with Gasteiger partial charge in [0.1, 0.15) is 0 Å². The zero-order valence-corrected chi connectivity index (χ0v) is 19.7. The number of benzene rings is 3. The van der Waals surface area contributed by atoms with E-state index in [1.54, 1.807) is 11.1 Å². The fourth-order valence-corrected chi connectivity index (χ4v) is 5.73. The number of β-amino-alcohol motifs (C(OH)–C–C–N with tert-alkyl or cyclic N) is 1. The molecule has 2 fully saturated rings. The predicted octanol–water partition coefficient (Wildman–Crippen LogP) is 4.73. The first-order valence-electron chi connectivity index (χ1n) is 12.7. The minimum atomic E-state index is 0.271. The zero-order valence-electron chi connectivity index (χ0n) is 19.7. The van der Waals surface area contributed by atoms with E-state index in [0.29, 0.717) is 5.92 Å². The molecule has 3 aromatic carbocycles. The Bertz CT molecular complexity index is 1040. The highest BCUT2D eigenvalue weighted by Gasteiger charge is 2.22. The molecular weight excluding hydrogens is 406 g/mol. The summed E-state index contributed by atoms with van der Waals surface area (Å²) in [4.78, 5) is 4.88. The minimum Gasteiger partial charge on any atom is -0.395 e. The molecule has 3 aromatic rings. The van der Waals surface area contributed by atoms with Crippen LogP contribution in [0.4, 0.5) is 0 Å². The van der Waals surface area contributed by atoms with Crippen LogP contribution in [0.5, 0.6) is 0 Å². The molecule has 0 amide bonds. The summed E-state index contributed by atoms with van der Waals surface area (Å²) in [7, 11) is 0. The van der Waals surface area contributed by atoms with E-state index in [4.69, 9.17) is 5.11 Å². The van der Waals surface area contributed by atoms with Gasteiger partial charge in [0.15, 0.2) is 0 Å². The second-order valence-corrected chi connectivity index (χ2v) is 9.67. The molecule has 1 heterocycles. The zero-order chi connectivity index (χ0) is 22.5. The molecule has 2 aliphatic rings. The highest BCUT2D eigenvalue weighted by molar-refractivity contribution is 6.02. The first-order valence-corrected chi connectivity index (χ1v) is 12.7. The van der Waals surface area contributed by atoms with Crippen molar-refractivity contribution in [3.8, 4) is 0 Å². The van der Waals surface area contributed by atoms with Gasteiger partial charge in [-0.15, -0.1) is 0 Å². The number of hydrogen-bond donors (Lipinski definition) is 2. The van der Waals surface area contributed by atoms with Crippen molar-refractivity contribution >= 4 is 21.5 Å². The van der Waals surface area contributed by atoms with Crippen LogP contribution in [-0.4, -0.2) is 67.3 Å². The summed E-state index contributed by atoms with van der Waals surface area (Å²) in [6.45, 7) is 7.57. The molecular formula is C29H37N3O. The second kappa shape index (κ2) is 10.7. The van der Waals surface area contributed by atoms with Gasteiger partial charge in [-0.1, -0.05) is 54.1 Å². The summed E-state index contributed by atoms with van der Waals surface area (Å²) in [5, 5.41) is 18.3. The summed E-state index contributed by atoms with van der Waals surface area (Å²) < 4.78 is 0. The van der Waals surface area contributed by atoms with E-state index in [9.17, 15) is 0 Å². The van der Waals surface area contributed by atoms with Gasteiger partial charge in [-0.05, 0) is 71.0 Å². The van der Waals surface area contributed by atoms with Gasteiger partial charge in [0.2, 0.25) is 0 Å². The van der Waals surface area contributed by atoms with Gasteiger partial charge in [0, 0.05) is 45.8 Å². The van der Waals surface area contributed by atoms with Crippen LogP contribution in [0.25, 0.3) is 21.5 Å². The van der Waals surface area contributed by atoms with E-state index in [2.05, 4.69) is 75.9 Å². The molecule has 174 valence electrons. The number of nitrogens with one attached hydrogen (secondary N) is 1. The molecule has 1 aliphatic carbocycles. The Balaban J connectivity index is 1.17. The summed E-state index contributed by atoms with van der Waals surface area (Å²) in [6, 6.07) is 20.2. The Labute approximate surface area is 197 Å². The van der Waals surface area contributed by atoms with Crippen LogP contribution in [0.15, 0.2) is 66.4 Å². The van der Waals surface area contributed by atoms with E-state index in [1.165, 1.54) is 47.2 Å². The van der Waals surface area contributed by atoms with Crippen molar-refractivity contribution in [3.63, 3.8) is 0 Å². The average molecular weight is 444 g/mol.